The Morgan fingerprint density at radius 3 is 2.39 bits per heavy atom. The minimum Gasteiger partial charge on any atom is -0.480 e. The van der Waals surface area contributed by atoms with Crippen molar-refractivity contribution in [3.05, 3.63) is 53.1 Å². The number of alkyl halides is 2. The normalized spacial score (nSPS) is 19.3. The molecule has 33 heavy (non-hydrogen) atoms. The van der Waals surface area contributed by atoms with Crippen LogP contribution in [0.3, 0.4) is 0 Å². The van der Waals surface area contributed by atoms with Crippen LogP contribution >= 0.6 is 11.6 Å². The second-order valence-electron chi connectivity index (χ2n) is 7.87. The Balaban J connectivity index is 1.80. The molecule has 1 aliphatic heterocycles. The van der Waals surface area contributed by atoms with Gasteiger partial charge in [0.25, 0.3) is 5.91 Å². The molecule has 1 amide bonds. The van der Waals surface area contributed by atoms with Gasteiger partial charge in [0, 0.05) is 23.8 Å². The van der Waals surface area contributed by atoms with Crippen molar-refractivity contribution in [2.45, 2.75) is 45.0 Å². The lowest BCUT2D eigenvalue weighted by atomic mass is 10.1. The Labute approximate surface area is 195 Å². The van der Waals surface area contributed by atoms with Crippen LogP contribution in [0.4, 0.5) is 20.2 Å². The molecule has 0 spiro atoms. The Hall–Kier alpha value is -2.91. The summed E-state index contributed by atoms with van der Waals surface area (Å²) in [4.78, 5) is 26.6. The summed E-state index contributed by atoms with van der Waals surface area (Å²) in [5, 5.41) is 12.5. The summed E-state index contributed by atoms with van der Waals surface area (Å²) >= 11 is 5.81. The van der Waals surface area contributed by atoms with E-state index in [1.54, 1.807) is 6.07 Å². The van der Waals surface area contributed by atoms with Gasteiger partial charge in [-0.3, -0.25) is 4.79 Å². The highest BCUT2D eigenvalue weighted by Crippen LogP contribution is 2.27. The third-order valence-corrected chi connectivity index (χ3v) is 5.30. The maximum Gasteiger partial charge on any atom is 0.337 e. The summed E-state index contributed by atoms with van der Waals surface area (Å²) in [6, 6.07) is 10.5. The molecular formula is C23H25ClF2N2O5. The largest absolute Gasteiger partial charge is 0.480 e. The predicted octanol–water partition coefficient (Wildman–Crippen LogP) is 4.69. The number of benzene rings is 2. The van der Waals surface area contributed by atoms with Gasteiger partial charge in [-0.1, -0.05) is 11.6 Å². The minimum atomic E-state index is -2.81. The molecule has 2 N–H and O–H groups in total. The fourth-order valence-corrected chi connectivity index (χ4v) is 3.79. The van der Waals surface area contributed by atoms with Gasteiger partial charge in [-0.2, -0.15) is 0 Å². The molecule has 1 heterocycles. The molecule has 0 aliphatic carbocycles. The molecule has 178 valence electrons. The topological polar surface area (TPSA) is 88.1 Å². The number of nitrogens with zero attached hydrogens (tertiary/aromatic N) is 1. The van der Waals surface area contributed by atoms with Gasteiger partial charge in [0.15, 0.2) is 6.10 Å². The molecular weight excluding hydrogens is 458 g/mol. The van der Waals surface area contributed by atoms with Crippen LogP contribution in [0.25, 0.3) is 0 Å². The second-order valence-corrected chi connectivity index (χ2v) is 8.31. The molecule has 2 aromatic carbocycles. The number of hydrogen-bond donors (Lipinski definition) is 2. The predicted molar refractivity (Wildman–Crippen MR) is 121 cm³/mol. The Kier molecular flexibility index (Phi) is 8.10. The van der Waals surface area contributed by atoms with Crippen LogP contribution in [-0.4, -0.2) is 54.8 Å². The minimum absolute atomic E-state index is 0.00965. The van der Waals surface area contributed by atoms with Gasteiger partial charge >= 0.3 is 5.97 Å². The van der Waals surface area contributed by atoms with Crippen LogP contribution in [-0.2, 0) is 9.53 Å². The summed E-state index contributed by atoms with van der Waals surface area (Å²) in [7, 11) is 0. The van der Waals surface area contributed by atoms with E-state index in [1.807, 2.05) is 18.7 Å². The van der Waals surface area contributed by atoms with Crippen LogP contribution in [0.5, 0.6) is 5.75 Å². The van der Waals surface area contributed by atoms with Gasteiger partial charge in [-0.15, -0.1) is 0 Å². The summed E-state index contributed by atoms with van der Waals surface area (Å²) in [5.74, 6) is -1.95. The van der Waals surface area contributed by atoms with Crippen LogP contribution in [0.1, 0.15) is 30.6 Å². The lowest BCUT2D eigenvalue weighted by molar-refractivity contribution is -0.124. The smallest absolute Gasteiger partial charge is 0.337 e. The van der Waals surface area contributed by atoms with Crippen molar-refractivity contribution in [2.24, 2.45) is 0 Å². The summed E-state index contributed by atoms with van der Waals surface area (Å²) in [5.41, 5.74) is 0.494. The Morgan fingerprint density at radius 1 is 1.18 bits per heavy atom. The molecule has 1 saturated heterocycles. The third kappa shape index (κ3) is 6.79. The number of carbonyl (C=O) groups is 2. The fourth-order valence-electron chi connectivity index (χ4n) is 3.66. The zero-order chi connectivity index (χ0) is 24.1. The maximum atomic E-state index is 13.1. The molecule has 2 aromatic rings. The van der Waals surface area contributed by atoms with Crippen LogP contribution in [0.15, 0.2) is 42.5 Å². The first-order valence-corrected chi connectivity index (χ1v) is 10.8. The van der Waals surface area contributed by atoms with Gasteiger partial charge in [-0.05, 0) is 56.3 Å². The summed E-state index contributed by atoms with van der Waals surface area (Å²) < 4.78 is 37.3. The monoisotopic (exact) mass is 482 g/mol. The van der Waals surface area contributed by atoms with Crippen molar-refractivity contribution < 1.29 is 33.0 Å². The number of amides is 1. The maximum absolute atomic E-state index is 13.1. The Morgan fingerprint density at radius 2 is 1.82 bits per heavy atom. The average Bonchev–Trinajstić information content (AvgIpc) is 2.74. The number of carbonyl (C=O) groups excluding carboxylic acids is 1. The molecule has 3 atom stereocenters. The molecule has 10 heteroatoms. The molecule has 0 bridgehead atoms. The SMILES string of the molecule is CC1CN(c2ccc(NC(=O)[C@H](CC(F)F)Oc3ccc(Cl)cc3)c(C(=O)O)c2)C[C@H](C)O1. The number of carboxylic acid groups (broad SMARTS) is 1. The number of aromatic carboxylic acids is 1. The lowest BCUT2D eigenvalue weighted by Gasteiger charge is -2.37. The van der Waals surface area contributed by atoms with E-state index in [0.29, 0.717) is 23.8 Å². The standard InChI is InChI=1S/C23H25ClF2N2O5/c1-13-11-28(12-14(2)32-13)16-5-8-19(18(9-16)23(30)31)27-22(29)20(10-21(25)26)33-17-6-3-15(24)4-7-17/h3-9,13-14,20-21H,10-12H2,1-2H3,(H,27,29)(H,30,31)/t13-,14?,20-/m0/s1. The zero-order valence-corrected chi connectivity index (χ0v) is 18.9. The first kappa shape index (κ1) is 24.7. The van der Waals surface area contributed by atoms with Gasteiger partial charge in [0.1, 0.15) is 5.75 Å². The molecule has 0 saturated carbocycles. The van der Waals surface area contributed by atoms with E-state index >= 15 is 0 Å². The van der Waals surface area contributed by atoms with Crippen LogP contribution < -0.4 is 15.0 Å². The highest BCUT2D eigenvalue weighted by molar-refractivity contribution is 6.30. The van der Waals surface area contributed by atoms with E-state index in [-0.39, 0.29) is 29.2 Å². The quantitative estimate of drug-likeness (QED) is 0.567. The number of carboxylic acids is 1. The molecule has 3 rings (SSSR count). The van der Waals surface area contributed by atoms with E-state index in [1.165, 1.54) is 36.4 Å². The van der Waals surface area contributed by atoms with Crippen molar-refractivity contribution >= 4 is 34.9 Å². The number of hydrogen-bond acceptors (Lipinski definition) is 5. The molecule has 7 nitrogen and oxygen atoms in total. The van der Waals surface area contributed by atoms with E-state index in [0.717, 1.165) is 0 Å². The fraction of sp³-hybridized carbons (Fsp3) is 0.391. The first-order valence-electron chi connectivity index (χ1n) is 10.4. The van der Waals surface area contributed by atoms with E-state index < -0.39 is 30.8 Å². The number of anilines is 2. The van der Waals surface area contributed by atoms with Crippen molar-refractivity contribution in [3.8, 4) is 5.75 Å². The van der Waals surface area contributed by atoms with Crippen molar-refractivity contribution in [1.29, 1.82) is 0 Å². The molecule has 1 aliphatic rings. The van der Waals surface area contributed by atoms with E-state index in [2.05, 4.69) is 5.32 Å². The van der Waals surface area contributed by atoms with Crippen molar-refractivity contribution in [3.63, 3.8) is 0 Å². The third-order valence-electron chi connectivity index (χ3n) is 5.05. The number of morpholine rings is 1. The van der Waals surface area contributed by atoms with Gasteiger partial charge in [0.05, 0.1) is 29.9 Å². The highest BCUT2D eigenvalue weighted by atomic mass is 35.5. The van der Waals surface area contributed by atoms with Gasteiger partial charge in [0.2, 0.25) is 6.43 Å². The molecule has 0 radical (unpaired) electrons. The van der Waals surface area contributed by atoms with Gasteiger partial charge in [-0.25, -0.2) is 13.6 Å². The van der Waals surface area contributed by atoms with Crippen molar-refractivity contribution in [2.75, 3.05) is 23.3 Å². The van der Waals surface area contributed by atoms with E-state index in [9.17, 15) is 23.5 Å². The highest BCUT2D eigenvalue weighted by Gasteiger charge is 2.28. The zero-order valence-electron chi connectivity index (χ0n) is 18.1. The summed E-state index contributed by atoms with van der Waals surface area (Å²) in [6.45, 7) is 5.03. The molecule has 1 fully saturated rings. The second kappa shape index (κ2) is 10.8. The number of ether oxygens (including phenoxy) is 2. The molecule has 0 aromatic heterocycles. The number of nitrogens with one attached hydrogen (secondary N) is 1. The van der Waals surface area contributed by atoms with Crippen LogP contribution in [0, 0.1) is 0 Å². The van der Waals surface area contributed by atoms with Gasteiger partial charge < -0.3 is 24.8 Å². The first-order chi connectivity index (χ1) is 15.6. The Bertz CT molecular complexity index is 979. The number of rotatable bonds is 8. The number of halogens is 3. The van der Waals surface area contributed by atoms with Crippen LogP contribution in [0.2, 0.25) is 5.02 Å². The van der Waals surface area contributed by atoms with E-state index in [4.69, 9.17) is 21.1 Å². The summed E-state index contributed by atoms with van der Waals surface area (Å²) in [6.07, 6.45) is -5.26. The van der Waals surface area contributed by atoms with Crippen molar-refractivity contribution in [1.82, 2.24) is 0 Å². The lowest BCUT2D eigenvalue weighted by Crippen LogP contribution is -2.45. The average molecular weight is 483 g/mol. The molecule has 1 unspecified atom stereocenters.